The van der Waals surface area contributed by atoms with E-state index >= 15 is 0 Å². The maximum Gasteiger partial charge on any atom is 0.0797 e. The SMILES string of the molecule is CC(C)c1scnc1C1COC1. The second-order valence-electron chi connectivity index (χ2n) is 3.49. The molecule has 66 valence electrons. The summed E-state index contributed by atoms with van der Waals surface area (Å²) in [4.78, 5) is 5.83. The lowest BCUT2D eigenvalue weighted by molar-refractivity contribution is 0.00654. The van der Waals surface area contributed by atoms with Crippen molar-refractivity contribution in [3.63, 3.8) is 0 Å². The Kier molecular flexibility index (Phi) is 2.15. The van der Waals surface area contributed by atoms with Crippen LogP contribution < -0.4 is 0 Å². The van der Waals surface area contributed by atoms with E-state index in [2.05, 4.69) is 18.8 Å². The Balaban J connectivity index is 2.23. The molecule has 1 fully saturated rings. The van der Waals surface area contributed by atoms with E-state index in [4.69, 9.17) is 4.74 Å². The molecule has 0 amide bonds. The van der Waals surface area contributed by atoms with Gasteiger partial charge in [0.25, 0.3) is 0 Å². The summed E-state index contributed by atoms with van der Waals surface area (Å²) in [5.74, 6) is 1.18. The van der Waals surface area contributed by atoms with Gasteiger partial charge in [0, 0.05) is 10.8 Å². The Morgan fingerprint density at radius 1 is 1.58 bits per heavy atom. The van der Waals surface area contributed by atoms with Crippen molar-refractivity contribution in [1.82, 2.24) is 4.98 Å². The fourth-order valence-corrected chi connectivity index (χ4v) is 2.29. The van der Waals surface area contributed by atoms with E-state index in [0.29, 0.717) is 11.8 Å². The summed E-state index contributed by atoms with van der Waals surface area (Å²) in [6, 6.07) is 0. The van der Waals surface area contributed by atoms with E-state index in [1.165, 1.54) is 10.6 Å². The summed E-state index contributed by atoms with van der Waals surface area (Å²) in [5, 5.41) is 0. The monoisotopic (exact) mass is 183 g/mol. The van der Waals surface area contributed by atoms with Crippen LogP contribution in [-0.2, 0) is 4.74 Å². The standard InChI is InChI=1S/C9H13NOS/c1-6(2)9-8(10-5-12-9)7-3-11-4-7/h5-7H,3-4H2,1-2H3. The highest BCUT2D eigenvalue weighted by molar-refractivity contribution is 7.09. The Bertz CT molecular complexity index is 265. The molecule has 0 spiro atoms. The summed E-state index contributed by atoms with van der Waals surface area (Å²) in [7, 11) is 0. The van der Waals surface area contributed by atoms with Crippen LogP contribution in [0.1, 0.15) is 36.3 Å². The summed E-state index contributed by atoms with van der Waals surface area (Å²) >= 11 is 1.77. The van der Waals surface area contributed by atoms with Crippen LogP contribution in [0.2, 0.25) is 0 Å². The van der Waals surface area contributed by atoms with E-state index in [1.807, 2.05) is 5.51 Å². The third-order valence-electron chi connectivity index (χ3n) is 2.17. The average Bonchev–Trinajstić information content (AvgIpc) is 2.31. The maximum absolute atomic E-state index is 5.16. The van der Waals surface area contributed by atoms with Gasteiger partial charge in [-0.3, -0.25) is 0 Å². The van der Waals surface area contributed by atoms with Crippen molar-refractivity contribution in [1.29, 1.82) is 0 Å². The van der Waals surface area contributed by atoms with Crippen molar-refractivity contribution in [2.75, 3.05) is 13.2 Å². The number of hydrogen-bond donors (Lipinski definition) is 0. The maximum atomic E-state index is 5.16. The van der Waals surface area contributed by atoms with Gasteiger partial charge >= 0.3 is 0 Å². The molecule has 1 aromatic heterocycles. The number of rotatable bonds is 2. The second kappa shape index (κ2) is 3.15. The number of nitrogens with zero attached hydrogens (tertiary/aromatic N) is 1. The number of hydrogen-bond acceptors (Lipinski definition) is 3. The highest BCUT2D eigenvalue weighted by Crippen LogP contribution is 2.32. The van der Waals surface area contributed by atoms with Crippen LogP contribution in [0.3, 0.4) is 0 Å². The predicted octanol–water partition coefficient (Wildman–Crippen LogP) is 2.38. The summed E-state index contributed by atoms with van der Waals surface area (Å²) in [6.07, 6.45) is 0. The van der Waals surface area contributed by atoms with Gasteiger partial charge in [0.15, 0.2) is 0 Å². The average molecular weight is 183 g/mol. The molecule has 0 aromatic carbocycles. The lowest BCUT2D eigenvalue weighted by Gasteiger charge is -2.25. The summed E-state index contributed by atoms with van der Waals surface area (Å²) in [6.45, 7) is 6.17. The van der Waals surface area contributed by atoms with Crippen LogP contribution >= 0.6 is 11.3 Å². The highest BCUT2D eigenvalue weighted by Gasteiger charge is 2.26. The Morgan fingerprint density at radius 2 is 2.33 bits per heavy atom. The fraction of sp³-hybridized carbons (Fsp3) is 0.667. The molecule has 0 radical (unpaired) electrons. The van der Waals surface area contributed by atoms with Crippen molar-refractivity contribution < 1.29 is 4.74 Å². The molecule has 0 atom stereocenters. The van der Waals surface area contributed by atoms with Gasteiger partial charge in [-0.15, -0.1) is 11.3 Å². The van der Waals surface area contributed by atoms with E-state index in [1.54, 1.807) is 11.3 Å². The molecule has 2 nitrogen and oxygen atoms in total. The quantitative estimate of drug-likeness (QED) is 0.702. The summed E-state index contributed by atoms with van der Waals surface area (Å²) < 4.78 is 5.16. The van der Waals surface area contributed by atoms with Crippen molar-refractivity contribution in [2.45, 2.75) is 25.7 Å². The first-order valence-corrected chi connectivity index (χ1v) is 5.18. The van der Waals surface area contributed by atoms with Gasteiger partial charge in [0.05, 0.1) is 24.4 Å². The van der Waals surface area contributed by atoms with Gasteiger partial charge in [-0.2, -0.15) is 0 Å². The van der Waals surface area contributed by atoms with E-state index in [9.17, 15) is 0 Å². The molecule has 12 heavy (non-hydrogen) atoms. The first kappa shape index (κ1) is 8.20. The van der Waals surface area contributed by atoms with Crippen molar-refractivity contribution >= 4 is 11.3 Å². The Hall–Kier alpha value is -0.410. The van der Waals surface area contributed by atoms with Gasteiger partial charge in [0.2, 0.25) is 0 Å². The van der Waals surface area contributed by atoms with Crippen molar-refractivity contribution in [2.24, 2.45) is 0 Å². The fourth-order valence-electron chi connectivity index (χ4n) is 1.40. The number of aromatic nitrogens is 1. The molecule has 0 unspecified atom stereocenters. The minimum absolute atomic E-state index is 0.577. The molecule has 0 aliphatic carbocycles. The normalized spacial score (nSPS) is 18.2. The van der Waals surface area contributed by atoms with Crippen LogP contribution in [0.15, 0.2) is 5.51 Å². The smallest absolute Gasteiger partial charge is 0.0797 e. The molecule has 3 heteroatoms. The molecule has 0 bridgehead atoms. The van der Waals surface area contributed by atoms with Crippen LogP contribution in [0, 0.1) is 0 Å². The molecular formula is C9H13NOS. The second-order valence-corrected chi connectivity index (χ2v) is 4.38. The van der Waals surface area contributed by atoms with Gasteiger partial charge in [-0.1, -0.05) is 13.8 Å². The van der Waals surface area contributed by atoms with Gasteiger partial charge in [0.1, 0.15) is 0 Å². The lowest BCUT2D eigenvalue weighted by atomic mass is 9.99. The lowest BCUT2D eigenvalue weighted by Crippen LogP contribution is -2.26. The third kappa shape index (κ3) is 1.27. The molecule has 1 saturated heterocycles. The van der Waals surface area contributed by atoms with Gasteiger partial charge < -0.3 is 4.74 Å². The van der Waals surface area contributed by atoms with Crippen LogP contribution in [0.4, 0.5) is 0 Å². The molecule has 2 heterocycles. The largest absolute Gasteiger partial charge is 0.380 e. The third-order valence-corrected chi connectivity index (χ3v) is 3.32. The number of thiazole rings is 1. The van der Waals surface area contributed by atoms with Gasteiger partial charge in [-0.05, 0) is 5.92 Å². The Morgan fingerprint density at radius 3 is 2.83 bits per heavy atom. The van der Waals surface area contributed by atoms with E-state index < -0.39 is 0 Å². The highest BCUT2D eigenvalue weighted by atomic mass is 32.1. The predicted molar refractivity (Wildman–Crippen MR) is 49.8 cm³/mol. The van der Waals surface area contributed by atoms with Crippen LogP contribution in [0.5, 0.6) is 0 Å². The molecular weight excluding hydrogens is 170 g/mol. The van der Waals surface area contributed by atoms with Crippen molar-refractivity contribution in [3.8, 4) is 0 Å². The van der Waals surface area contributed by atoms with Crippen LogP contribution in [-0.4, -0.2) is 18.2 Å². The minimum Gasteiger partial charge on any atom is -0.380 e. The van der Waals surface area contributed by atoms with Crippen LogP contribution in [0.25, 0.3) is 0 Å². The first-order valence-electron chi connectivity index (χ1n) is 4.30. The van der Waals surface area contributed by atoms with E-state index in [0.717, 1.165) is 13.2 Å². The topological polar surface area (TPSA) is 22.1 Å². The summed E-state index contributed by atoms with van der Waals surface area (Å²) in [5.41, 5.74) is 3.23. The molecule has 0 N–H and O–H groups in total. The molecule has 1 aromatic rings. The number of ether oxygens (including phenoxy) is 1. The molecule has 1 aliphatic rings. The zero-order valence-corrected chi connectivity index (χ0v) is 8.23. The zero-order chi connectivity index (χ0) is 8.55. The molecule has 1 aliphatic heterocycles. The molecule has 2 rings (SSSR count). The zero-order valence-electron chi connectivity index (χ0n) is 7.41. The first-order chi connectivity index (χ1) is 5.79. The van der Waals surface area contributed by atoms with Crippen molar-refractivity contribution in [3.05, 3.63) is 16.1 Å². The Labute approximate surface area is 76.6 Å². The molecule has 0 saturated carbocycles. The van der Waals surface area contributed by atoms with Gasteiger partial charge in [-0.25, -0.2) is 4.98 Å². The van der Waals surface area contributed by atoms with E-state index in [-0.39, 0.29) is 0 Å². The minimum atomic E-state index is 0.577.